The number of aromatic nitrogens is 3. The summed E-state index contributed by atoms with van der Waals surface area (Å²) in [6.07, 6.45) is 0. The van der Waals surface area contributed by atoms with Gasteiger partial charge in [-0.05, 0) is 55.5 Å². The fourth-order valence-electron chi connectivity index (χ4n) is 1.59. The number of hydrogen-bond acceptors (Lipinski definition) is 2. The Labute approximate surface area is 113 Å². The monoisotopic (exact) mass is 347 g/mol. The van der Waals surface area contributed by atoms with Crippen molar-refractivity contribution in [3.8, 4) is 5.95 Å². The quantitative estimate of drug-likeness (QED) is 0.584. The van der Waals surface area contributed by atoms with E-state index in [4.69, 9.17) is 11.6 Å². The van der Waals surface area contributed by atoms with Gasteiger partial charge >= 0.3 is 0 Å². The van der Waals surface area contributed by atoms with Gasteiger partial charge in [-0.3, -0.25) is 4.57 Å². The highest BCUT2D eigenvalue weighted by molar-refractivity contribution is 14.1. The highest BCUT2D eigenvalue weighted by atomic mass is 127. The van der Waals surface area contributed by atoms with E-state index in [9.17, 15) is 0 Å². The molecular weight excluding hydrogens is 336 g/mol. The average molecular weight is 348 g/mol. The van der Waals surface area contributed by atoms with Crippen LogP contribution in [0.5, 0.6) is 0 Å². The lowest BCUT2D eigenvalue weighted by Gasteiger charge is -2.09. The van der Waals surface area contributed by atoms with Crippen LogP contribution in [-0.2, 0) is 0 Å². The van der Waals surface area contributed by atoms with Crippen LogP contribution in [0.1, 0.15) is 17.1 Å². The molecule has 2 aromatic rings. The summed E-state index contributed by atoms with van der Waals surface area (Å²) in [6, 6.07) is 4.08. The first kappa shape index (κ1) is 11.9. The Morgan fingerprint density at radius 1 is 1.12 bits per heavy atom. The molecule has 2 aromatic heterocycles. The summed E-state index contributed by atoms with van der Waals surface area (Å²) in [6.45, 7) is 5.99. The number of nitrogens with zero attached hydrogens (tertiary/aromatic N) is 3. The van der Waals surface area contributed by atoms with Crippen molar-refractivity contribution < 1.29 is 0 Å². The first-order valence-electron chi connectivity index (χ1n) is 4.85. The van der Waals surface area contributed by atoms with Gasteiger partial charge in [-0.15, -0.1) is 0 Å². The molecule has 5 heteroatoms. The SMILES string of the molecule is Cc1nc(-n2c(C)ccc2C)nc(Cl)c1I. The second-order valence-electron chi connectivity index (χ2n) is 3.67. The van der Waals surface area contributed by atoms with Gasteiger partial charge < -0.3 is 0 Å². The van der Waals surface area contributed by atoms with Gasteiger partial charge in [-0.1, -0.05) is 11.6 Å². The van der Waals surface area contributed by atoms with Gasteiger partial charge in [0.15, 0.2) is 0 Å². The molecule has 3 nitrogen and oxygen atoms in total. The van der Waals surface area contributed by atoms with E-state index < -0.39 is 0 Å². The summed E-state index contributed by atoms with van der Waals surface area (Å²) in [4.78, 5) is 8.77. The van der Waals surface area contributed by atoms with Crippen molar-refractivity contribution in [2.75, 3.05) is 0 Å². The van der Waals surface area contributed by atoms with Crippen LogP contribution >= 0.6 is 34.2 Å². The second kappa shape index (κ2) is 4.33. The Morgan fingerprint density at radius 3 is 2.19 bits per heavy atom. The van der Waals surface area contributed by atoms with Crippen molar-refractivity contribution in [2.24, 2.45) is 0 Å². The summed E-state index contributed by atoms with van der Waals surface area (Å²) in [5.41, 5.74) is 3.12. The van der Waals surface area contributed by atoms with Crippen molar-refractivity contribution in [3.05, 3.63) is 37.9 Å². The number of aryl methyl sites for hydroxylation is 3. The molecule has 0 unspecified atom stereocenters. The zero-order valence-corrected chi connectivity index (χ0v) is 12.2. The zero-order valence-electron chi connectivity index (χ0n) is 9.25. The van der Waals surface area contributed by atoms with Crippen molar-refractivity contribution in [1.29, 1.82) is 0 Å². The van der Waals surface area contributed by atoms with Gasteiger partial charge in [0.25, 0.3) is 0 Å². The molecule has 0 amide bonds. The largest absolute Gasteiger partial charge is 0.287 e. The predicted molar refractivity (Wildman–Crippen MR) is 73.3 cm³/mol. The third kappa shape index (κ3) is 1.96. The summed E-state index contributed by atoms with van der Waals surface area (Å²) in [7, 11) is 0. The molecule has 16 heavy (non-hydrogen) atoms. The molecule has 0 radical (unpaired) electrons. The lowest BCUT2D eigenvalue weighted by atomic mass is 10.4. The lowest BCUT2D eigenvalue weighted by molar-refractivity contribution is 0.858. The lowest BCUT2D eigenvalue weighted by Crippen LogP contribution is -2.07. The maximum absolute atomic E-state index is 6.07. The first-order valence-corrected chi connectivity index (χ1v) is 6.31. The van der Waals surface area contributed by atoms with E-state index in [-0.39, 0.29) is 0 Å². The molecule has 0 bridgehead atoms. The molecular formula is C11H11ClIN3. The molecule has 84 valence electrons. The Bertz CT molecular complexity index is 506. The summed E-state index contributed by atoms with van der Waals surface area (Å²) in [5.74, 6) is 0.642. The van der Waals surface area contributed by atoms with Gasteiger partial charge in [-0.2, -0.15) is 4.98 Å². The summed E-state index contributed by atoms with van der Waals surface area (Å²) >= 11 is 8.22. The van der Waals surface area contributed by atoms with Crippen LogP contribution < -0.4 is 0 Å². The second-order valence-corrected chi connectivity index (χ2v) is 5.10. The van der Waals surface area contributed by atoms with Gasteiger partial charge in [-0.25, -0.2) is 4.98 Å². The Hall–Kier alpha value is -0.620. The first-order chi connectivity index (χ1) is 7.50. The van der Waals surface area contributed by atoms with E-state index in [2.05, 4.69) is 32.6 Å². The Balaban J connectivity index is 2.66. The van der Waals surface area contributed by atoms with Crippen LogP contribution in [0.2, 0.25) is 5.15 Å². The molecule has 0 saturated carbocycles. The molecule has 2 heterocycles. The Morgan fingerprint density at radius 2 is 1.69 bits per heavy atom. The van der Waals surface area contributed by atoms with E-state index in [0.717, 1.165) is 20.7 Å². The maximum Gasteiger partial charge on any atom is 0.235 e. The number of halogens is 2. The third-order valence-electron chi connectivity index (χ3n) is 2.44. The van der Waals surface area contributed by atoms with Crippen LogP contribution in [0.15, 0.2) is 12.1 Å². The minimum Gasteiger partial charge on any atom is -0.287 e. The summed E-state index contributed by atoms with van der Waals surface area (Å²) in [5, 5.41) is 0.510. The van der Waals surface area contributed by atoms with Crippen LogP contribution in [0, 0.1) is 24.3 Å². The van der Waals surface area contributed by atoms with Crippen LogP contribution in [-0.4, -0.2) is 14.5 Å². The van der Waals surface area contributed by atoms with Crippen LogP contribution in [0.25, 0.3) is 5.95 Å². The molecule has 0 atom stereocenters. The smallest absolute Gasteiger partial charge is 0.235 e. The van der Waals surface area contributed by atoms with Gasteiger partial charge in [0.2, 0.25) is 5.95 Å². The van der Waals surface area contributed by atoms with E-state index in [1.807, 2.05) is 37.5 Å². The van der Waals surface area contributed by atoms with Crippen LogP contribution in [0.3, 0.4) is 0 Å². The molecule has 0 spiro atoms. The summed E-state index contributed by atoms with van der Waals surface area (Å²) < 4.78 is 2.90. The fourth-order valence-corrected chi connectivity index (χ4v) is 2.05. The van der Waals surface area contributed by atoms with Crippen molar-refractivity contribution in [1.82, 2.24) is 14.5 Å². The van der Waals surface area contributed by atoms with Crippen molar-refractivity contribution in [2.45, 2.75) is 20.8 Å². The highest BCUT2D eigenvalue weighted by Gasteiger charge is 2.11. The molecule has 2 rings (SSSR count). The Kier molecular flexibility index (Phi) is 3.21. The average Bonchev–Trinajstić information content (AvgIpc) is 2.54. The maximum atomic E-state index is 6.07. The highest BCUT2D eigenvalue weighted by Crippen LogP contribution is 2.21. The van der Waals surface area contributed by atoms with E-state index >= 15 is 0 Å². The molecule has 0 aromatic carbocycles. The third-order valence-corrected chi connectivity index (χ3v) is 4.32. The van der Waals surface area contributed by atoms with E-state index in [0.29, 0.717) is 11.1 Å². The number of rotatable bonds is 1. The standard InChI is InChI=1S/C11H11ClIN3/c1-6-4-5-7(2)16(6)11-14-8(3)9(13)10(12)15-11/h4-5H,1-3H3. The molecule has 0 N–H and O–H groups in total. The zero-order chi connectivity index (χ0) is 11.9. The van der Waals surface area contributed by atoms with Gasteiger partial charge in [0.1, 0.15) is 5.15 Å². The predicted octanol–water partition coefficient (Wildman–Crippen LogP) is 3.45. The van der Waals surface area contributed by atoms with Crippen molar-refractivity contribution >= 4 is 34.2 Å². The minimum absolute atomic E-state index is 0.510. The fraction of sp³-hybridized carbons (Fsp3) is 0.273. The molecule has 0 aliphatic carbocycles. The van der Waals surface area contributed by atoms with Crippen molar-refractivity contribution in [3.63, 3.8) is 0 Å². The molecule has 0 aliphatic rings. The normalized spacial score (nSPS) is 10.8. The minimum atomic E-state index is 0.510. The van der Waals surface area contributed by atoms with Gasteiger partial charge in [0, 0.05) is 11.4 Å². The molecule has 0 fully saturated rings. The van der Waals surface area contributed by atoms with E-state index in [1.165, 1.54) is 0 Å². The van der Waals surface area contributed by atoms with Crippen LogP contribution in [0.4, 0.5) is 0 Å². The molecule has 0 aliphatic heterocycles. The number of hydrogen-bond donors (Lipinski definition) is 0. The topological polar surface area (TPSA) is 30.7 Å². The van der Waals surface area contributed by atoms with Gasteiger partial charge in [0.05, 0.1) is 9.26 Å². The molecule has 0 saturated heterocycles. The van der Waals surface area contributed by atoms with E-state index in [1.54, 1.807) is 0 Å².